The van der Waals surface area contributed by atoms with Crippen molar-refractivity contribution in [2.45, 2.75) is 104 Å². The Hall–Kier alpha value is -2.74. The van der Waals surface area contributed by atoms with E-state index < -0.39 is 0 Å². The molecule has 1 amide bonds. The standard InChI is InChI=1S/C31H45N5O3/c1-5-26(38)25-15-31-16-27(31)36(25)28(39)18-35-30-22(11-9-7-6-8-10-12-32-19-31)13-23(33-17-20(2)3)14-24(30)29(34-35)21(4)37/h13-14,20,25,27,32-33H,5-12,15-19H2,1-4H3/t25-,27+,31-/m0/s1. The second kappa shape index (κ2) is 11.4. The number of amides is 1. The first-order valence-corrected chi connectivity index (χ1v) is 15.1. The van der Waals surface area contributed by atoms with Crippen LogP contribution in [0.3, 0.4) is 0 Å². The Morgan fingerprint density at radius 2 is 1.92 bits per heavy atom. The molecule has 1 aromatic carbocycles. The van der Waals surface area contributed by atoms with E-state index in [1.165, 1.54) is 12.8 Å². The van der Waals surface area contributed by atoms with Gasteiger partial charge in [0, 0.05) is 49.0 Å². The van der Waals surface area contributed by atoms with Gasteiger partial charge in [-0.15, -0.1) is 0 Å². The molecule has 3 heterocycles. The Kier molecular flexibility index (Phi) is 8.13. The van der Waals surface area contributed by atoms with Crippen molar-refractivity contribution in [1.29, 1.82) is 0 Å². The highest BCUT2D eigenvalue weighted by molar-refractivity contribution is 6.06. The first-order chi connectivity index (χ1) is 18.7. The summed E-state index contributed by atoms with van der Waals surface area (Å²) < 4.78 is 1.75. The molecule has 8 heteroatoms. The smallest absolute Gasteiger partial charge is 0.245 e. The number of hydrogen-bond acceptors (Lipinski definition) is 6. The first kappa shape index (κ1) is 27.8. The molecule has 5 rings (SSSR count). The zero-order valence-corrected chi connectivity index (χ0v) is 24.1. The van der Waals surface area contributed by atoms with Gasteiger partial charge in [0.05, 0.1) is 11.6 Å². The van der Waals surface area contributed by atoms with E-state index in [1.807, 2.05) is 17.9 Å². The van der Waals surface area contributed by atoms with Gasteiger partial charge in [-0.2, -0.15) is 5.10 Å². The summed E-state index contributed by atoms with van der Waals surface area (Å²) in [5.74, 6) is 0.457. The van der Waals surface area contributed by atoms with E-state index in [2.05, 4.69) is 30.5 Å². The van der Waals surface area contributed by atoms with Crippen molar-refractivity contribution in [1.82, 2.24) is 20.0 Å². The summed E-state index contributed by atoms with van der Waals surface area (Å²) in [6, 6.07) is 3.95. The van der Waals surface area contributed by atoms with Crippen molar-refractivity contribution in [3.05, 3.63) is 23.4 Å². The third kappa shape index (κ3) is 5.63. The SMILES string of the molecule is CCC(=O)[C@@H]1C[C@]23CNCCCCCCCc4cc(NCC(C)C)cc5c(C(C)=O)nn(c45)CC(=O)N1[C@@H]2C3. The molecular weight excluding hydrogens is 490 g/mol. The Morgan fingerprint density at radius 1 is 1.15 bits per heavy atom. The quantitative estimate of drug-likeness (QED) is 0.519. The lowest BCUT2D eigenvalue weighted by Gasteiger charge is -2.26. The van der Waals surface area contributed by atoms with Crippen LogP contribution >= 0.6 is 0 Å². The molecule has 0 unspecified atom stereocenters. The first-order valence-electron chi connectivity index (χ1n) is 15.1. The van der Waals surface area contributed by atoms with Crippen LogP contribution in [-0.2, 0) is 22.6 Å². The van der Waals surface area contributed by atoms with E-state index in [0.717, 1.165) is 80.3 Å². The number of aromatic nitrogens is 2. The summed E-state index contributed by atoms with van der Waals surface area (Å²) >= 11 is 0. The number of rotatable bonds is 6. The summed E-state index contributed by atoms with van der Waals surface area (Å²) in [5, 5.41) is 12.7. The van der Waals surface area contributed by atoms with Gasteiger partial charge in [0.25, 0.3) is 0 Å². The molecule has 3 aliphatic rings. The Bertz CT molecular complexity index is 1250. The molecule has 39 heavy (non-hydrogen) atoms. The van der Waals surface area contributed by atoms with E-state index in [9.17, 15) is 14.4 Å². The average molecular weight is 536 g/mol. The number of nitrogens with zero attached hydrogens (tertiary/aromatic N) is 3. The molecule has 212 valence electrons. The topological polar surface area (TPSA) is 96.3 Å². The fraction of sp³-hybridized carbons (Fsp3) is 0.677. The fourth-order valence-electron chi connectivity index (χ4n) is 6.79. The summed E-state index contributed by atoms with van der Waals surface area (Å²) in [6.07, 6.45) is 8.74. The lowest BCUT2D eigenvalue weighted by molar-refractivity contribution is -0.139. The maximum absolute atomic E-state index is 14.0. The minimum Gasteiger partial charge on any atom is -0.385 e. The number of carbonyl (C=O) groups excluding carboxylic acids is 3. The maximum atomic E-state index is 14.0. The summed E-state index contributed by atoms with van der Waals surface area (Å²) in [7, 11) is 0. The molecule has 2 aromatic rings. The molecule has 1 aromatic heterocycles. The molecule has 2 aliphatic heterocycles. The summed E-state index contributed by atoms with van der Waals surface area (Å²) in [5.41, 5.74) is 3.43. The lowest BCUT2D eigenvalue weighted by Crippen LogP contribution is -2.44. The number of carbonyl (C=O) groups is 3. The Balaban J connectivity index is 1.55. The zero-order chi connectivity index (χ0) is 27.7. The van der Waals surface area contributed by atoms with Crippen LogP contribution in [0.4, 0.5) is 5.69 Å². The van der Waals surface area contributed by atoms with Crippen molar-refractivity contribution in [3.8, 4) is 0 Å². The number of ketones is 2. The molecule has 2 N–H and O–H groups in total. The van der Waals surface area contributed by atoms with Crippen LogP contribution in [-0.4, -0.2) is 63.9 Å². The number of Topliss-reactive ketones (excluding diaryl/α,β-unsaturated/α-hetero) is 2. The maximum Gasteiger partial charge on any atom is 0.245 e. The summed E-state index contributed by atoms with van der Waals surface area (Å²) in [4.78, 5) is 41.5. The summed E-state index contributed by atoms with van der Waals surface area (Å²) in [6.45, 7) is 10.5. The third-order valence-electron chi connectivity index (χ3n) is 8.96. The molecule has 0 spiro atoms. The van der Waals surface area contributed by atoms with Gasteiger partial charge in [-0.3, -0.25) is 19.1 Å². The van der Waals surface area contributed by atoms with Crippen molar-refractivity contribution >= 4 is 34.1 Å². The molecule has 1 saturated heterocycles. The van der Waals surface area contributed by atoms with Crippen LogP contribution in [0, 0.1) is 11.3 Å². The molecule has 1 aliphatic carbocycles. The normalized spacial score (nSPS) is 26.0. The van der Waals surface area contributed by atoms with Crippen molar-refractivity contribution in [3.63, 3.8) is 0 Å². The molecule has 1 saturated carbocycles. The minimum absolute atomic E-state index is 0.0119. The Morgan fingerprint density at radius 3 is 2.67 bits per heavy atom. The van der Waals surface area contributed by atoms with Crippen molar-refractivity contribution < 1.29 is 14.4 Å². The van der Waals surface area contributed by atoms with Gasteiger partial charge in [-0.25, -0.2) is 0 Å². The predicted molar refractivity (Wildman–Crippen MR) is 154 cm³/mol. The second-order valence-corrected chi connectivity index (χ2v) is 12.5. The monoisotopic (exact) mass is 535 g/mol. The largest absolute Gasteiger partial charge is 0.385 e. The van der Waals surface area contributed by atoms with Crippen molar-refractivity contribution in [2.24, 2.45) is 11.3 Å². The van der Waals surface area contributed by atoms with Gasteiger partial charge < -0.3 is 15.5 Å². The highest BCUT2D eigenvalue weighted by atomic mass is 16.2. The number of nitrogens with one attached hydrogen (secondary N) is 2. The van der Waals surface area contributed by atoms with E-state index >= 15 is 0 Å². The van der Waals surface area contributed by atoms with Crippen LogP contribution in [0.15, 0.2) is 12.1 Å². The molecule has 8 nitrogen and oxygen atoms in total. The van der Waals surface area contributed by atoms with Crippen LogP contribution in [0.1, 0.15) is 95.1 Å². The molecule has 2 bridgehead atoms. The van der Waals surface area contributed by atoms with Gasteiger partial charge in [0.2, 0.25) is 5.91 Å². The fourth-order valence-corrected chi connectivity index (χ4v) is 6.79. The number of hydrogen-bond donors (Lipinski definition) is 2. The van der Waals surface area contributed by atoms with E-state index in [0.29, 0.717) is 18.0 Å². The third-order valence-corrected chi connectivity index (χ3v) is 8.96. The van der Waals surface area contributed by atoms with Crippen molar-refractivity contribution in [2.75, 3.05) is 25.0 Å². The van der Waals surface area contributed by atoms with Gasteiger partial charge in [0.1, 0.15) is 12.2 Å². The highest BCUT2D eigenvalue weighted by Gasteiger charge is 2.66. The van der Waals surface area contributed by atoms with Gasteiger partial charge in [-0.1, -0.05) is 40.0 Å². The zero-order valence-electron chi connectivity index (χ0n) is 24.1. The van der Waals surface area contributed by atoms with E-state index in [-0.39, 0.29) is 41.5 Å². The highest BCUT2D eigenvalue weighted by Crippen LogP contribution is 2.59. The number of anilines is 1. The second-order valence-electron chi connectivity index (χ2n) is 12.5. The lowest BCUT2D eigenvalue weighted by atomic mass is 9.96. The van der Waals surface area contributed by atoms with E-state index in [1.54, 1.807) is 11.6 Å². The van der Waals surface area contributed by atoms with Gasteiger partial charge in [-0.05, 0) is 62.3 Å². The number of benzene rings is 1. The molecular formula is C31H45N5O3. The number of piperidine rings is 1. The van der Waals surface area contributed by atoms with Gasteiger partial charge in [0.15, 0.2) is 11.6 Å². The molecule has 3 atom stereocenters. The van der Waals surface area contributed by atoms with Crippen LogP contribution in [0.2, 0.25) is 0 Å². The molecule has 2 fully saturated rings. The van der Waals surface area contributed by atoms with Crippen LogP contribution in [0.5, 0.6) is 0 Å². The van der Waals surface area contributed by atoms with Gasteiger partial charge >= 0.3 is 0 Å². The minimum atomic E-state index is -0.359. The Labute approximate surface area is 232 Å². The van der Waals surface area contributed by atoms with Crippen LogP contribution in [0.25, 0.3) is 10.9 Å². The van der Waals surface area contributed by atoms with Crippen LogP contribution < -0.4 is 10.6 Å². The predicted octanol–water partition coefficient (Wildman–Crippen LogP) is 4.74. The number of aryl methyl sites for hydroxylation is 1. The van der Waals surface area contributed by atoms with E-state index in [4.69, 9.17) is 5.10 Å². The molecule has 0 radical (unpaired) electrons. The average Bonchev–Trinajstić information content (AvgIpc) is 3.31.